The minimum absolute atomic E-state index is 0.0802. The first-order valence-corrected chi connectivity index (χ1v) is 8.97. The Labute approximate surface area is 159 Å². The van der Waals surface area contributed by atoms with Gasteiger partial charge in [-0.05, 0) is 48.2 Å². The van der Waals surface area contributed by atoms with E-state index in [0.717, 1.165) is 28.1 Å². The molecule has 0 aromatic heterocycles. The van der Waals surface area contributed by atoms with E-state index in [1.165, 1.54) is 10.6 Å². The number of para-hydroxylation sites is 1. The molecule has 0 bridgehead atoms. The predicted octanol–water partition coefficient (Wildman–Crippen LogP) is 5.55. The van der Waals surface area contributed by atoms with E-state index in [1.54, 1.807) is 0 Å². The molecular weight excluding hydrogens is 332 g/mol. The molecule has 3 nitrogen and oxygen atoms in total. The van der Waals surface area contributed by atoms with Crippen LogP contribution in [-0.2, 0) is 4.79 Å². The molecule has 0 N–H and O–H groups in total. The largest absolute Gasteiger partial charge is 0.280 e. The molecule has 1 heterocycles. The molecule has 0 unspecified atom stereocenters. The van der Waals surface area contributed by atoms with Gasteiger partial charge in [0.15, 0.2) is 0 Å². The van der Waals surface area contributed by atoms with Crippen molar-refractivity contribution in [2.24, 2.45) is 5.10 Å². The van der Waals surface area contributed by atoms with Gasteiger partial charge in [-0.1, -0.05) is 72.8 Å². The first-order valence-electron chi connectivity index (χ1n) is 8.97. The highest BCUT2D eigenvalue weighted by atomic mass is 16.2. The Morgan fingerprint density at radius 3 is 1.96 bits per heavy atom. The molecule has 0 saturated carbocycles. The number of allylic oxidation sites excluding steroid dienone is 1. The number of carbonyl (C=O) groups is 1. The van der Waals surface area contributed by atoms with Crippen LogP contribution in [0.2, 0.25) is 0 Å². The lowest BCUT2D eigenvalue weighted by Gasteiger charge is -2.12. The highest BCUT2D eigenvalue weighted by Gasteiger charge is 2.30. The van der Waals surface area contributed by atoms with Gasteiger partial charge in [-0.25, -0.2) is 0 Å². The maximum absolute atomic E-state index is 13.0. The molecular formula is C24H20N2O. The standard InChI is InChI=1S/C24H20N2O/c1-17(19-13-15-21(16-14-19)20-9-5-3-6-10-20)23-18(2)25-26(24(23)27)22-11-7-4-8-12-22/h3-16H,1-2H3/b23-17-. The second kappa shape index (κ2) is 7.04. The summed E-state index contributed by atoms with van der Waals surface area (Å²) in [7, 11) is 0. The lowest BCUT2D eigenvalue weighted by Crippen LogP contribution is -2.21. The summed E-state index contributed by atoms with van der Waals surface area (Å²) < 4.78 is 0. The third-order valence-corrected chi connectivity index (χ3v) is 4.82. The Balaban J connectivity index is 1.67. The summed E-state index contributed by atoms with van der Waals surface area (Å²) in [6.07, 6.45) is 0. The van der Waals surface area contributed by atoms with Crippen LogP contribution in [0.4, 0.5) is 5.69 Å². The van der Waals surface area contributed by atoms with Crippen LogP contribution in [0.15, 0.2) is 95.6 Å². The van der Waals surface area contributed by atoms with E-state index in [1.807, 2.05) is 62.4 Å². The molecule has 3 aromatic rings. The van der Waals surface area contributed by atoms with E-state index >= 15 is 0 Å². The molecule has 0 aliphatic carbocycles. The summed E-state index contributed by atoms with van der Waals surface area (Å²) >= 11 is 0. The van der Waals surface area contributed by atoms with E-state index in [9.17, 15) is 4.79 Å². The fourth-order valence-electron chi connectivity index (χ4n) is 3.37. The molecule has 132 valence electrons. The van der Waals surface area contributed by atoms with E-state index in [4.69, 9.17) is 0 Å². The second-order valence-electron chi connectivity index (χ2n) is 6.58. The van der Waals surface area contributed by atoms with Gasteiger partial charge in [-0.2, -0.15) is 10.1 Å². The fraction of sp³-hybridized carbons (Fsp3) is 0.0833. The second-order valence-corrected chi connectivity index (χ2v) is 6.58. The lowest BCUT2D eigenvalue weighted by atomic mass is 9.96. The highest BCUT2D eigenvalue weighted by molar-refractivity contribution is 6.33. The van der Waals surface area contributed by atoms with Crippen LogP contribution in [0.25, 0.3) is 16.7 Å². The van der Waals surface area contributed by atoms with Crippen molar-refractivity contribution in [3.05, 3.63) is 96.1 Å². The van der Waals surface area contributed by atoms with E-state index in [-0.39, 0.29) is 5.91 Å². The molecule has 1 aliphatic heterocycles. The number of hydrazone groups is 1. The summed E-state index contributed by atoms with van der Waals surface area (Å²) in [4.78, 5) is 13.0. The van der Waals surface area contributed by atoms with Crippen LogP contribution < -0.4 is 5.01 Å². The molecule has 1 amide bonds. The molecule has 0 saturated heterocycles. The highest BCUT2D eigenvalue weighted by Crippen LogP contribution is 2.30. The Morgan fingerprint density at radius 2 is 1.33 bits per heavy atom. The summed E-state index contributed by atoms with van der Waals surface area (Å²) in [5.74, 6) is -0.0802. The Kier molecular flexibility index (Phi) is 4.43. The lowest BCUT2D eigenvalue weighted by molar-refractivity contribution is -0.114. The Morgan fingerprint density at radius 1 is 0.778 bits per heavy atom. The molecule has 0 radical (unpaired) electrons. The first kappa shape index (κ1) is 17.0. The quantitative estimate of drug-likeness (QED) is 0.569. The van der Waals surface area contributed by atoms with Crippen LogP contribution in [0, 0.1) is 0 Å². The third-order valence-electron chi connectivity index (χ3n) is 4.82. The van der Waals surface area contributed by atoms with Crippen molar-refractivity contribution in [3.63, 3.8) is 0 Å². The number of anilines is 1. The number of carbonyl (C=O) groups excluding carboxylic acids is 1. The number of benzene rings is 3. The van der Waals surface area contributed by atoms with Crippen LogP contribution in [-0.4, -0.2) is 11.6 Å². The number of hydrogen-bond donors (Lipinski definition) is 0. The van der Waals surface area contributed by atoms with Gasteiger partial charge in [-0.3, -0.25) is 4.79 Å². The van der Waals surface area contributed by atoms with Gasteiger partial charge in [0.1, 0.15) is 0 Å². The smallest absolute Gasteiger partial charge is 0.267 e. The van der Waals surface area contributed by atoms with Gasteiger partial charge in [0.25, 0.3) is 5.91 Å². The van der Waals surface area contributed by atoms with Crippen LogP contribution >= 0.6 is 0 Å². The van der Waals surface area contributed by atoms with Crippen molar-refractivity contribution >= 4 is 22.9 Å². The van der Waals surface area contributed by atoms with Gasteiger partial charge in [0, 0.05) is 0 Å². The van der Waals surface area contributed by atoms with Crippen molar-refractivity contribution in [2.45, 2.75) is 13.8 Å². The topological polar surface area (TPSA) is 32.7 Å². The third kappa shape index (κ3) is 3.20. The number of amides is 1. The van der Waals surface area contributed by atoms with Crippen molar-refractivity contribution in [3.8, 4) is 11.1 Å². The number of rotatable bonds is 3. The van der Waals surface area contributed by atoms with Gasteiger partial charge in [0.2, 0.25) is 0 Å². The zero-order valence-corrected chi connectivity index (χ0v) is 15.4. The molecule has 3 heteroatoms. The fourth-order valence-corrected chi connectivity index (χ4v) is 3.37. The molecule has 27 heavy (non-hydrogen) atoms. The van der Waals surface area contributed by atoms with Crippen molar-refractivity contribution in [1.82, 2.24) is 0 Å². The molecule has 4 rings (SSSR count). The summed E-state index contributed by atoms with van der Waals surface area (Å²) in [5.41, 5.74) is 6.51. The van der Waals surface area contributed by atoms with Gasteiger partial charge in [0.05, 0.1) is 17.0 Å². The van der Waals surface area contributed by atoms with E-state index in [2.05, 4.69) is 41.5 Å². The van der Waals surface area contributed by atoms with Crippen LogP contribution in [0.1, 0.15) is 19.4 Å². The summed E-state index contributed by atoms with van der Waals surface area (Å²) in [5, 5.41) is 5.95. The maximum atomic E-state index is 13.0. The molecule has 3 aromatic carbocycles. The Bertz CT molecular complexity index is 1030. The van der Waals surface area contributed by atoms with Crippen LogP contribution in [0.3, 0.4) is 0 Å². The Hall–Kier alpha value is -3.46. The van der Waals surface area contributed by atoms with E-state index < -0.39 is 0 Å². The average Bonchev–Trinajstić information content (AvgIpc) is 3.03. The molecule has 1 aliphatic rings. The maximum Gasteiger partial charge on any atom is 0.280 e. The monoisotopic (exact) mass is 352 g/mol. The van der Waals surface area contributed by atoms with Crippen molar-refractivity contribution in [1.29, 1.82) is 0 Å². The van der Waals surface area contributed by atoms with Gasteiger partial charge >= 0.3 is 0 Å². The number of nitrogens with zero attached hydrogens (tertiary/aromatic N) is 2. The minimum atomic E-state index is -0.0802. The molecule has 0 atom stereocenters. The van der Waals surface area contributed by atoms with E-state index in [0.29, 0.717) is 5.57 Å². The van der Waals surface area contributed by atoms with Crippen molar-refractivity contribution in [2.75, 3.05) is 5.01 Å². The molecule has 0 spiro atoms. The summed E-state index contributed by atoms with van der Waals surface area (Å²) in [6.45, 7) is 3.87. The predicted molar refractivity (Wildman–Crippen MR) is 112 cm³/mol. The number of hydrogen-bond acceptors (Lipinski definition) is 2. The summed E-state index contributed by atoms with van der Waals surface area (Å²) in [6, 6.07) is 28.1. The normalized spacial score (nSPS) is 15.7. The van der Waals surface area contributed by atoms with Crippen molar-refractivity contribution < 1.29 is 4.79 Å². The SMILES string of the molecule is CC1=NN(c2ccccc2)C(=O)/C1=C(/C)c1ccc(-c2ccccc2)cc1. The zero-order chi connectivity index (χ0) is 18.8. The minimum Gasteiger partial charge on any atom is -0.267 e. The molecule has 0 fully saturated rings. The van der Waals surface area contributed by atoms with Gasteiger partial charge in [-0.15, -0.1) is 0 Å². The van der Waals surface area contributed by atoms with Crippen LogP contribution in [0.5, 0.6) is 0 Å². The average molecular weight is 352 g/mol. The zero-order valence-electron chi connectivity index (χ0n) is 15.4. The van der Waals surface area contributed by atoms with Gasteiger partial charge < -0.3 is 0 Å². The first-order chi connectivity index (χ1) is 13.1.